The van der Waals surface area contributed by atoms with E-state index in [9.17, 15) is 9.90 Å². The van der Waals surface area contributed by atoms with Gasteiger partial charge >= 0.3 is 0 Å². The number of fused-ring (bicyclic) bond motifs is 1. The number of pyridine rings is 1. The van der Waals surface area contributed by atoms with Gasteiger partial charge in [-0.3, -0.25) is 14.7 Å². The van der Waals surface area contributed by atoms with E-state index in [0.717, 1.165) is 36.2 Å². The molecule has 0 saturated carbocycles. The van der Waals surface area contributed by atoms with E-state index >= 15 is 0 Å². The average Bonchev–Trinajstić information content (AvgIpc) is 2.60. The Kier molecular flexibility index (Phi) is 5.05. The lowest BCUT2D eigenvalue weighted by molar-refractivity contribution is -0.119. The fraction of sp³-hybridized carbons (Fsp3) is 0.412. The number of carbonyl (C=O) groups excluding carboxylic acids is 1. The molecule has 1 amide bonds. The van der Waals surface area contributed by atoms with Gasteiger partial charge in [0.15, 0.2) is 0 Å². The van der Waals surface area contributed by atoms with Gasteiger partial charge in [0.2, 0.25) is 6.41 Å². The molecule has 0 aliphatic carbocycles. The number of β-amino-alcohol motifs (C(OH)–C–C–N with tert-alkyl or cyclic N) is 1. The van der Waals surface area contributed by atoms with Gasteiger partial charge in [-0.2, -0.15) is 0 Å². The fourth-order valence-electron chi connectivity index (χ4n) is 2.79. The zero-order valence-electron chi connectivity index (χ0n) is 13.0. The number of aliphatic hydroxyl groups excluding tert-OH is 1. The van der Waals surface area contributed by atoms with Crippen LogP contribution in [-0.4, -0.2) is 71.7 Å². The van der Waals surface area contributed by atoms with Crippen LogP contribution >= 0.6 is 0 Å². The maximum atomic E-state index is 10.7. The predicted octanol–water partition coefficient (Wildman–Crippen LogP) is 0.748. The monoisotopic (exact) mass is 315 g/mol. The Labute approximate surface area is 135 Å². The topological polar surface area (TPSA) is 65.9 Å². The number of hydrogen-bond acceptors (Lipinski definition) is 5. The Hall–Kier alpha value is -2.18. The van der Waals surface area contributed by atoms with E-state index in [1.807, 2.05) is 30.3 Å². The van der Waals surface area contributed by atoms with E-state index in [1.165, 1.54) is 0 Å². The third kappa shape index (κ3) is 3.97. The van der Waals surface area contributed by atoms with Crippen LogP contribution in [0, 0.1) is 0 Å². The van der Waals surface area contributed by atoms with E-state index in [0.29, 0.717) is 19.6 Å². The molecule has 1 aliphatic rings. The number of piperazine rings is 1. The maximum absolute atomic E-state index is 10.7. The van der Waals surface area contributed by atoms with Crippen LogP contribution in [-0.2, 0) is 4.79 Å². The van der Waals surface area contributed by atoms with Crippen LogP contribution in [0.25, 0.3) is 10.9 Å². The number of carbonyl (C=O) groups is 1. The maximum Gasteiger partial charge on any atom is 0.209 e. The molecule has 1 aliphatic heterocycles. The van der Waals surface area contributed by atoms with Gasteiger partial charge < -0.3 is 14.7 Å². The number of nitrogens with zero attached hydrogens (tertiary/aromatic N) is 3. The van der Waals surface area contributed by atoms with Crippen molar-refractivity contribution in [2.45, 2.75) is 6.10 Å². The van der Waals surface area contributed by atoms with Crippen molar-refractivity contribution in [1.82, 2.24) is 14.8 Å². The van der Waals surface area contributed by atoms with Gasteiger partial charge in [-0.05, 0) is 24.3 Å². The lowest BCUT2D eigenvalue weighted by Gasteiger charge is -2.33. The summed E-state index contributed by atoms with van der Waals surface area (Å²) in [5.41, 5.74) is 0.879. The van der Waals surface area contributed by atoms with Gasteiger partial charge in [0.1, 0.15) is 18.5 Å². The molecule has 0 bridgehead atoms. The molecule has 1 N–H and O–H groups in total. The Morgan fingerprint density at radius 2 is 2.04 bits per heavy atom. The van der Waals surface area contributed by atoms with Crippen LogP contribution in [0.1, 0.15) is 0 Å². The number of ether oxygens (including phenoxy) is 1. The summed E-state index contributed by atoms with van der Waals surface area (Å²) in [6.45, 7) is 3.79. The van der Waals surface area contributed by atoms with E-state index in [2.05, 4.69) is 9.88 Å². The zero-order valence-corrected chi connectivity index (χ0v) is 13.0. The summed E-state index contributed by atoms with van der Waals surface area (Å²) in [4.78, 5) is 18.9. The quantitative estimate of drug-likeness (QED) is 0.797. The number of hydrogen-bond donors (Lipinski definition) is 1. The number of aromatic nitrogens is 1. The summed E-state index contributed by atoms with van der Waals surface area (Å²) >= 11 is 0. The van der Waals surface area contributed by atoms with Gasteiger partial charge in [-0.25, -0.2) is 0 Å². The fourth-order valence-corrected chi connectivity index (χ4v) is 2.79. The summed E-state index contributed by atoms with van der Waals surface area (Å²) in [5, 5.41) is 11.1. The average molecular weight is 315 g/mol. The van der Waals surface area contributed by atoms with Crippen LogP contribution in [0.2, 0.25) is 0 Å². The second-order valence-electron chi connectivity index (χ2n) is 5.73. The summed E-state index contributed by atoms with van der Waals surface area (Å²) < 4.78 is 5.78. The molecule has 1 atom stereocenters. The minimum atomic E-state index is -0.565. The molecule has 122 valence electrons. The van der Waals surface area contributed by atoms with Gasteiger partial charge in [0.25, 0.3) is 0 Å². The van der Waals surface area contributed by atoms with E-state index in [-0.39, 0.29) is 6.61 Å². The van der Waals surface area contributed by atoms with Crippen molar-refractivity contribution in [3.05, 3.63) is 36.5 Å². The molecule has 0 radical (unpaired) electrons. The van der Waals surface area contributed by atoms with Crippen LogP contribution < -0.4 is 4.74 Å². The third-order valence-corrected chi connectivity index (χ3v) is 4.06. The molecule has 23 heavy (non-hydrogen) atoms. The zero-order chi connectivity index (χ0) is 16.1. The third-order valence-electron chi connectivity index (χ3n) is 4.06. The van der Waals surface area contributed by atoms with Crippen molar-refractivity contribution in [1.29, 1.82) is 0 Å². The molecule has 2 aromatic rings. The highest BCUT2D eigenvalue weighted by Crippen LogP contribution is 2.23. The molecule has 6 heteroatoms. The Morgan fingerprint density at radius 3 is 2.83 bits per heavy atom. The first-order valence-electron chi connectivity index (χ1n) is 7.82. The normalized spacial score (nSPS) is 17.2. The van der Waals surface area contributed by atoms with Crippen molar-refractivity contribution in [2.24, 2.45) is 0 Å². The SMILES string of the molecule is O=CN1CCN(CC(O)COc2cccc3ncccc23)CC1. The Morgan fingerprint density at radius 1 is 1.22 bits per heavy atom. The van der Waals surface area contributed by atoms with Gasteiger partial charge in [0.05, 0.1) is 5.52 Å². The second kappa shape index (κ2) is 7.39. The highest BCUT2D eigenvalue weighted by molar-refractivity contribution is 5.84. The van der Waals surface area contributed by atoms with Crippen LogP contribution in [0.5, 0.6) is 5.75 Å². The molecule has 2 heterocycles. The molecule has 0 spiro atoms. The van der Waals surface area contributed by atoms with Crippen molar-refractivity contribution in [3.63, 3.8) is 0 Å². The number of benzene rings is 1. The van der Waals surface area contributed by atoms with Crippen LogP contribution in [0.15, 0.2) is 36.5 Å². The lowest BCUT2D eigenvalue weighted by Crippen LogP contribution is -2.48. The molecule has 1 aromatic heterocycles. The van der Waals surface area contributed by atoms with Gasteiger partial charge in [0, 0.05) is 44.3 Å². The van der Waals surface area contributed by atoms with Crippen molar-refractivity contribution < 1.29 is 14.6 Å². The standard InChI is InChI=1S/C17H21N3O3/c21-13-20-9-7-19(8-10-20)11-14(22)12-23-17-5-1-4-16-15(17)3-2-6-18-16/h1-6,13-14,22H,7-12H2. The molecular formula is C17H21N3O3. The van der Waals surface area contributed by atoms with E-state index in [4.69, 9.17) is 4.74 Å². The van der Waals surface area contributed by atoms with Crippen LogP contribution in [0.4, 0.5) is 0 Å². The minimum absolute atomic E-state index is 0.238. The van der Waals surface area contributed by atoms with Gasteiger partial charge in [-0.1, -0.05) is 6.07 Å². The van der Waals surface area contributed by atoms with E-state index in [1.54, 1.807) is 11.1 Å². The molecule has 1 fully saturated rings. The summed E-state index contributed by atoms with van der Waals surface area (Å²) in [6.07, 6.45) is 2.07. The van der Waals surface area contributed by atoms with Crippen molar-refractivity contribution in [2.75, 3.05) is 39.3 Å². The Balaban J connectivity index is 1.52. The smallest absolute Gasteiger partial charge is 0.209 e. The summed E-state index contributed by atoms with van der Waals surface area (Å²) in [6, 6.07) is 9.56. The highest BCUT2D eigenvalue weighted by Gasteiger charge is 2.18. The first-order chi connectivity index (χ1) is 11.3. The summed E-state index contributed by atoms with van der Waals surface area (Å²) in [7, 11) is 0. The molecule has 3 rings (SSSR count). The summed E-state index contributed by atoms with van der Waals surface area (Å²) in [5.74, 6) is 0.737. The second-order valence-corrected chi connectivity index (χ2v) is 5.73. The first-order valence-corrected chi connectivity index (χ1v) is 7.82. The number of rotatable bonds is 6. The number of amides is 1. The first kappa shape index (κ1) is 15.7. The van der Waals surface area contributed by atoms with Crippen molar-refractivity contribution >= 4 is 17.3 Å². The van der Waals surface area contributed by atoms with E-state index < -0.39 is 6.10 Å². The largest absolute Gasteiger partial charge is 0.490 e. The predicted molar refractivity (Wildman–Crippen MR) is 87.3 cm³/mol. The molecule has 1 saturated heterocycles. The minimum Gasteiger partial charge on any atom is -0.490 e. The molecule has 6 nitrogen and oxygen atoms in total. The molecule has 1 unspecified atom stereocenters. The Bertz CT molecular complexity index is 651. The highest BCUT2D eigenvalue weighted by atomic mass is 16.5. The lowest BCUT2D eigenvalue weighted by atomic mass is 10.2. The van der Waals surface area contributed by atoms with Crippen molar-refractivity contribution in [3.8, 4) is 5.75 Å². The molecule has 1 aromatic carbocycles. The molecular weight excluding hydrogens is 294 g/mol. The number of aliphatic hydroxyl groups is 1. The van der Waals surface area contributed by atoms with Gasteiger partial charge in [-0.15, -0.1) is 0 Å². The van der Waals surface area contributed by atoms with Crippen LogP contribution in [0.3, 0.4) is 0 Å².